The molecule has 0 bridgehead atoms. The lowest BCUT2D eigenvalue weighted by Crippen LogP contribution is -2.21. The lowest BCUT2D eigenvalue weighted by molar-refractivity contribution is 0.126. The molecule has 0 radical (unpaired) electrons. The van der Waals surface area contributed by atoms with Crippen molar-refractivity contribution in [2.24, 2.45) is 5.92 Å². The molecule has 0 aliphatic rings. The fourth-order valence-electron chi connectivity index (χ4n) is 0.729. The van der Waals surface area contributed by atoms with Crippen LogP contribution in [0.2, 0.25) is 0 Å². The molecule has 68 valence electrons. The first-order chi connectivity index (χ1) is 5.13. The highest BCUT2D eigenvalue weighted by Crippen LogP contribution is 2.34. The third-order valence-corrected chi connectivity index (χ3v) is 3.99. The maximum absolute atomic E-state index is 12.3. The fourth-order valence-corrected chi connectivity index (χ4v) is 2.90. The quantitative estimate of drug-likeness (QED) is 0.621. The minimum absolute atomic E-state index is 0.104. The Hall–Kier alpha value is 0.560. The van der Waals surface area contributed by atoms with Crippen LogP contribution >= 0.6 is 21.6 Å². The first-order valence-electron chi connectivity index (χ1n) is 3.61. The third kappa shape index (κ3) is 4.21. The van der Waals surface area contributed by atoms with Crippen LogP contribution in [0.4, 0.5) is 8.78 Å². The van der Waals surface area contributed by atoms with Crippen LogP contribution in [0.3, 0.4) is 0 Å². The van der Waals surface area contributed by atoms with Gasteiger partial charge in [-0.05, 0) is 12.2 Å². The maximum Gasteiger partial charge on any atom is 0.251 e. The number of halogens is 2. The minimum Gasteiger partial charge on any atom is -0.209 e. The van der Waals surface area contributed by atoms with E-state index in [-0.39, 0.29) is 5.92 Å². The molecular weight excluding hydrogens is 186 g/mol. The SMILES string of the molecule is CCC(C)C(SSC)C(F)F. The lowest BCUT2D eigenvalue weighted by Gasteiger charge is -2.19. The van der Waals surface area contributed by atoms with Gasteiger partial charge in [0.1, 0.15) is 0 Å². The average Bonchev–Trinajstić information content (AvgIpc) is 1.98. The molecule has 0 heterocycles. The number of alkyl halides is 2. The molecule has 0 aliphatic heterocycles. The molecule has 0 aromatic carbocycles. The number of hydrogen-bond acceptors (Lipinski definition) is 2. The average molecular weight is 200 g/mol. The Morgan fingerprint density at radius 2 is 1.91 bits per heavy atom. The first-order valence-corrected chi connectivity index (χ1v) is 6.23. The third-order valence-electron chi connectivity index (χ3n) is 1.66. The molecule has 0 fully saturated rings. The zero-order valence-electron chi connectivity index (χ0n) is 7.01. The molecular formula is C7H14F2S2. The molecule has 0 aromatic heterocycles. The van der Waals surface area contributed by atoms with Gasteiger partial charge in [-0.15, -0.1) is 0 Å². The van der Waals surface area contributed by atoms with E-state index in [2.05, 4.69) is 0 Å². The minimum atomic E-state index is -2.19. The summed E-state index contributed by atoms with van der Waals surface area (Å²) in [6, 6.07) is 0. The van der Waals surface area contributed by atoms with Crippen LogP contribution in [0.25, 0.3) is 0 Å². The van der Waals surface area contributed by atoms with Crippen molar-refractivity contribution in [3.8, 4) is 0 Å². The van der Waals surface area contributed by atoms with E-state index in [4.69, 9.17) is 0 Å². The smallest absolute Gasteiger partial charge is 0.209 e. The monoisotopic (exact) mass is 200 g/mol. The van der Waals surface area contributed by atoms with Crippen molar-refractivity contribution in [1.29, 1.82) is 0 Å². The summed E-state index contributed by atoms with van der Waals surface area (Å²) in [6.45, 7) is 3.82. The van der Waals surface area contributed by atoms with E-state index in [9.17, 15) is 8.78 Å². The molecule has 0 rings (SSSR count). The maximum atomic E-state index is 12.3. The molecule has 0 aromatic rings. The molecule has 11 heavy (non-hydrogen) atoms. The lowest BCUT2D eigenvalue weighted by atomic mass is 10.1. The normalized spacial score (nSPS) is 16.9. The first kappa shape index (κ1) is 11.6. The Balaban J connectivity index is 3.87. The summed E-state index contributed by atoms with van der Waals surface area (Å²) < 4.78 is 24.6. The van der Waals surface area contributed by atoms with E-state index in [1.807, 2.05) is 20.1 Å². The zero-order valence-corrected chi connectivity index (χ0v) is 8.64. The largest absolute Gasteiger partial charge is 0.251 e. The van der Waals surface area contributed by atoms with Gasteiger partial charge in [0.2, 0.25) is 0 Å². The highest BCUT2D eigenvalue weighted by atomic mass is 33.1. The van der Waals surface area contributed by atoms with Crippen LogP contribution in [-0.2, 0) is 0 Å². The Morgan fingerprint density at radius 3 is 2.18 bits per heavy atom. The van der Waals surface area contributed by atoms with Crippen LogP contribution in [0.1, 0.15) is 20.3 Å². The van der Waals surface area contributed by atoms with Crippen molar-refractivity contribution in [3.63, 3.8) is 0 Å². The molecule has 0 aliphatic carbocycles. The molecule has 0 saturated carbocycles. The number of rotatable bonds is 5. The van der Waals surface area contributed by atoms with Crippen LogP contribution in [0.15, 0.2) is 0 Å². The summed E-state index contributed by atoms with van der Waals surface area (Å²) in [5, 5.41) is -0.505. The van der Waals surface area contributed by atoms with Crippen LogP contribution in [0, 0.1) is 5.92 Å². The predicted octanol–water partition coefficient (Wildman–Crippen LogP) is 3.68. The van der Waals surface area contributed by atoms with E-state index in [1.54, 1.807) is 0 Å². The van der Waals surface area contributed by atoms with E-state index in [1.165, 1.54) is 21.6 Å². The van der Waals surface area contributed by atoms with Crippen molar-refractivity contribution in [2.45, 2.75) is 31.9 Å². The van der Waals surface area contributed by atoms with Crippen molar-refractivity contribution in [1.82, 2.24) is 0 Å². The van der Waals surface area contributed by atoms with E-state index in [0.29, 0.717) is 0 Å². The van der Waals surface area contributed by atoms with E-state index < -0.39 is 11.7 Å². The van der Waals surface area contributed by atoms with Crippen LogP contribution in [-0.4, -0.2) is 17.9 Å². The van der Waals surface area contributed by atoms with Crippen molar-refractivity contribution in [3.05, 3.63) is 0 Å². The molecule has 0 N–H and O–H groups in total. The second kappa shape index (κ2) is 6.12. The van der Waals surface area contributed by atoms with Gasteiger partial charge in [0, 0.05) is 0 Å². The summed E-state index contributed by atoms with van der Waals surface area (Å²) in [5.74, 6) is 0.104. The summed E-state index contributed by atoms with van der Waals surface area (Å²) in [7, 11) is 2.70. The summed E-state index contributed by atoms with van der Waals surface area (Å²) in [6.07, 6.45) is 0.466. The Labute approximate surface area is 74.9 Å². The standard InChI is InChI=1S/C7H14F2S2/c1-4-5(2)6(7(8)9)11-10-3/h5-7H,4H2,1-3H3. The van der Waals surface area contributed by atoms with Gasteiger partial charge >= 0.3 is 0 Å². The number of hydrogen-bond donors (Lipinski definition) is 0. The van der Waals surface area contributed by atoms with Gasteiger partial charge in [-0.25, -0.2) is 8.78 Å². The van der Waals surface area contributed by atoms with Gasteiger partial charge < -0.3 is 0 Å². The summed E-state index contributed by atoms with van der Waals surface area (Å²) in [5.41, 5.74) is 0. The zero-order chi connectivity index (χ0) is 8.85. The Bertz CT molecular complexity index is 98.4. The Morgan fingerprint density at radius 1 is 1.36 bits per heavy atom. The van der Waals surface area contributed by atoms with Gasteiger partial charge in [-0.3, -0.25) is 0 Å². The topological polar surface area (TPSA) is 0 Å². The van der Waals surface area contributed by atoms with Crippen molar-refractivity contribution >= 4 is 21.6 Å². The second-order valence-electron chi connectivity index (χ2n) is 2.45. The van der Waals surface area contributed by atoms with Crippen LogP contribution < -0.4 is 0 Å². The molecule has 2 unspecified atom stereocenters. The fraction of sp³-hybridized carbons (Fsp3) is 1.00. The predicted molar refractivity (Wildman–Crippen MR) is 50.4 cm³/mol. The van der Waals surface area contributed by atoms with Gasteiger partial charge in [0.05, 0.1) is 5.25 Å². The van der Waals surface area contributed by atoms with Crippen molar-refractivity contribution in [2.75, 3.05) is 6.26 Å². The second-order valence-corrected chi connectivity index (χ2v) is 5.09. The molecule has 0 spiro atoms. The highest BCUT2D eigenvalue weighted by molar-refractivity contribution is 8.76. The molecule has 4 heteroatoms. The highest BCUT2D eigenvalue weighted by Gasteiger charge is 2.25. The summed E-state index contributed by atoms with van der Waals surface area (Å²) in [4.78, 5) is 0. The molecule has 0 nitrogen and oxygen atoms in total. The molecule has 2 atom stereocenters. The van der Waals surface area contributed by atoms with Crippen molar-refractivity contribution < 1.29 is 8.78 Å². The molecule has 0 saturated heterocycles. The Kier molecular flexibility index (Phi) is 6.43. The van der Waals surface area contributed by atoms with Gasteiger partial charge in [-0.2, -0.15) is 0 Å². The van der Waals surface area contributed by atoms with Gasteiger partial charge in [0.25, 0.3) is 6.43 Å². The van der Waals surface area contributed by atoms with E-state index >= 15 is 0 Å². The molecule has 0 amide bonds. The van der Waals surface area contributed by atoms with Gasteiger partial charge in [-0.1, -0.05) is 41.9 Å². The van der Waals surface area contributed by atoms with Crippen LogP contribution in [0.5, 0.6) is 0 Å². The van der Waals surface area contributed by atoms with Gasteiger partial charge in [0.15, 0.2) is 0 Å². The summed E-state index contributed by atoms with van der Waals surface area (Å²) >= 11 is 0. The van der Waals surface area contributed by atoms with E-state index in [0.717, 1.165) is 6.42 Å².